The third-order valence-electron chi connectivity index (χ3n) is 4.09. The number of hydrogen-bond donors (Lipinski definition) is 2. The van der Waals surface area contributed by atoms with Gasteiger partial charge >= 0.3 is 0 Å². The van der Waals surface area contributed by atoms with E-state index in [0.717, 1.165) is 41.6 Å². The van der Waals surface area contributed by atoms with Crippen molar-refractivity contribution in [3.05, 3.63) is 45.4 Å². The Morgan fingerprint density at radius 3 is 2.73 bits per heavy atom. The minimum Gasteiger partial charge on any atom is -0.496 e. The van der Waals surface area contributed by atoms with E-state index < -0.39 is 0 Å². The molecule has 2 N–H and O–H groups in total. The Bertz CT molecular complexity index is 704. The highest BCUT2D eigenvalue weighted by atomic mass is 127. The lowest BCUT2D eigenvalue weighted by atomic mass is 10.1. The Kier molecular flexibility index (Phi) is 9.93. The molecule has 1 unspecified atom stereocenters. The van der Waals surface area contributed by atoms with Crippen molar-refractivity contribution in [2.24, 2.45) is 4.99 Å². The van der Waals surface area contributed by atoms with E-state index in [1.165, 1.54) is 4.88 Å². The van der Waals surface area contributed by atoms with Gasteiger partial charge in [0.2, 0.25) is 0 Å². The first-order valence-electron chi connectivity index (χ1n) is 8.61. The summed E-state index contributed by atoms with van der Waals surface area (Å²) in [4.78, 5) is 10.6. The average Bonchev–Trinajstić information content (AvgIpc) is 3.13. The van der Waals surface area contributed by atoms with Crippen LogP contribution in [-0.4, -0.2) is 31.1 Å². The second-order valence-electron chi connectivity index (χ2n) is 6.04. The summed E-state index contributed by atoms with van der Waals surface area (Å²) in [5.74, 6) is 2.15. The van der Waals surface area contributed by atoms with Gasteiger partial charge in [0.05, 0.1) is 19.3 Å². The minimum absolute atomic E-state index is 0. The number of rotatable bonds is 7. The van der Waals surface area contributed by atoms with Crippen LogP contribution in [0.4, 0.5) is 0 Å². The molecular formula is C19H29IN4OS. The summed E-state index contributed by atoms with van der Waals surface area (Å²) in [6.07, 6.45) is 1.84. The summed E-state index contributed by atoms with van der Waals surface area (Å²) in [7, 11) is 1.69. The van der Waals surface area contributed by atoms with Crippen LogP contribution in [0.25, 0.3) is 0 Å². The van der Waals surface area contributed by atoms with Gasteiger partial charge in [-0.2, -0.15) is 0 Å². The lowest BCUT2D eigenvalue weighted by Crippen LogP contribution is -2.39. The lowest BCUT2D eigenvalue weighted by Gasteiger charge is -2.15. The standard InChI is InChI=1S/C19H28N4OS.HI/c1-6-20-19(22-10-13(2)17-8-7-9-25-17)23-12-16-15(4)18(24-5)14(3)11-21-16;/h7-9,11,13H,6,10,12H2,1-5H3,(H2,20,22,23);1H. The van der Waals surface area contributed by atoms with Crippen LogP contribution >= 0.6 is 35.3 Å². The van der Waals surface area contributed by atoms with Crippen molar-refractivity contribution in [3.8, 4) is 5.75 Å². The fraction of sp³-hybridized carbons (Fsp3) is 0.474. The van der Waals surface area contributed by atoms with E-state index in [1.54, 1.807) is 18.4 Å². The van der Waals surface area contributed by atoms with Crippen LogP contribution in [0.5, 0.6) is 5.75 Å². The molecule has 2 heterocycles. The molecule has 0 fully saturated rings. The van der Waals surface area contributed by atoms with Crippen LogP contribution in [0.3, 0.4) is 0 Å². The summed E-state index contributed by atoms with van der Waals surface area (Å²) in [5.41, 5.74) is 3.03. The van der Waals surface area contributed by atoms with Crippen molar-refractivity contribution < 1.29 is 4.74 Å². The zero-order chi connectivity index (χ0) is 18.2. The topological polar surface area (TPSA) is 58.5 Å². The largest absolute Gasteiger partial charge is 0.496 e. The Morgan fingerprint density at radius 1 is 1.35 bits per heavy atom. The number of nitrogens with zero attached hydrogens (tertiary/aromatic N) is 2. The highest BCUT2D eigenvalue weighted by Crippen LogP contribution is 2.24. The molecule has 0 aliphatic rings. The van der Waals surface area contributed by atoms with E-state index in [4.69, 9.17) is 4.74 Å². The van der Waals surface area contributed by atoms with Gasteiger partial charge in [0.15, 0.2) is 5.96 Å². The number of hydrogen-bond acceptors (Lipinski definition) is 4. The van der Waals surface area contributed by atoms with E-state index in [9.17, 15) is 0 Å². The maximum Gasteiger partial charge on any atom is 0.191 e. The molecule has 1 atom stereocenters. The number of guanidine groups is 1. The molecule has 2 rings (SSSR count). The molecule has 0 radical (unpaired) electrons. The summed E-state index contributed by atoms with van der Waals surface area (Å²) in [6, 6.07) is 4.27. The molecule has 0 saturated heterocycles. The van der Waals surface area contributed by atoms with E-state index in [2.05, 4.69) is 52.0 Å². The fourth-order valence-electron chi connectivity index (χ4n) is 2.65. The molecule has 5 nitrogen and oxygen atoms in total. The van der Waals surface area contributed by atoms with Crippen LogP contribution in [0.2, 0.25) is 0 Å². The molecule has 2 aromatic rings. The van der Waals surface area contributed by atoms with Gasteiger partial charge in [0.1, 0.15) is 5.75 Å². The quantitative estimate of drug-likeness (QED) is 0.348. The Balaban J connectivity index is 0.00000338. The van der Waals surface area contributed by atoms with Crippen molar-refractivity contribution in [3.63, 3.8) is 0 Å². The van der Waals surface area contributed by atoms with Crippen molar-refractivity contribution >= 4 is 41.3 Å². The van der Waals surface area contributed by atoms with Crippen molar-refractivity contribution in [2.45, 2.75) is 40.2 Å². The van der Waals surface area contributed by atoms with E-state index in [-0.39, 0.29) is 24.0 Å². The lowest BCUT2D eigenvalue weighted by molar-refractivity contribution is 0.407. The highest BCUT2D eigenvalue weighted by molar-refractivity contribution is 14.0. The number of pyridine rings is 1. The van der Waals surface area contributed by atoms with Gasteiger partial charge in [-0.05, 0) is 32.2 Å². The molecule has 2 aromatic heterocycles. The summed E-state index contributed by atoms with van der Waals surface area (Å²) in [6.45, 7) is 10.5. The highest BCUT2D eigenvalue weighted by Gasteiger charge is 2.10. The van der Waals surface area contributed by atoms with Gasteiger partial charge in [-0.25, -0.2) is 4.99 Å². The molecule has 0 bridgehead atoms. The molecule has 0 aromatic carbocycles. The smallest absolute Gasteiger partial charge is 0.191 e. The van der Waals surface area contributed by atoms with Crippen LogP contribution in [-0.2, 0) is 6.54 Å². The molecule has 26 heavy (non-hydrogen) atoms. The molecule has 0 amide bonds. The van der Waals surface area contributed by atoms with Crippen LogP contribution < -0.4 is 15.4 Å². The van der Waals surface area contributed by atoms with Gasteiger partial charge in [0, 0.05) is 41.2 Å². The maximum atomic E-state index is 5.47. The van der Waals surface area contributed by atoms with Gasteiger partial charge < -0.3 is 15.4 Å². The predicted molar refractivity (Wildman–Crippen MR) is 121 cm³/mol. The van der Waals surface area contributed by atoms with E-state index in [1.807, 2.05) is 20.0 Å². The van der Waals surface area contributed by atoms with Gasteiger partial charge in [-0.15, -0.1) is 35.3 Å². The zero-order valence-corrected chi connectivity index (χ0v) is 19.3. The van der Waals surface area contributed by atoms with Gasteiger partial charge in [-0.3, -0.25) is 4.98 Å². The van der Waals surface area contributed by atoms with Crippen LogP contribution in [0, 0.1) is 13.8 Å². The fourth-order valence-corrected chi connectivity index (χ4v) is 3.44. The molecule has 0 aliphatic heterocycles. The maximum absolute atomic E-state index is 5.47. The minimum atomic E-state index is 0. The number of nitrogens with one attached hydrogen (secondary N) is 2. The molecular weight excluding hydrogens is 459 g/mol. The van der Waals surface area contributed by atoms with Crippen molar-refractivity contribution in [1.82, 2.24) is 15.6 Å². The number of aromatic nitrogens is 1. The van der Waals surface area contributed by atoms with Gasteiger partial charge in [0.25, 0.3) is 0 Å². The first-order valence-corrected chi connectivity index (χ1v) is 9.49. The SMILES string of the molecule is CCNC(=NCc1ncc(C)c(OC)c1C)NCC(C)c1cccs1.I. The molecule has 144 valence electrons. The molecule has 0 spiro atoms. The van der Waals surface area contributed by atoms with E-state index in [0.29, 0.717) is 12.5 Å². The Labute approximate surface area is 177 Å². The van der Waals surface area contributed by atoms with Crippen LogP contribution in [0.1, 0.15) is 41.5 Å². The predicted octanol–water partition coefficient (Wildman–Crippen LogP) is 4.25. The number of ether oxygens (including phenoxy) is 1. The first-order chi connectivity index (χ1) is 12.1. The monoisotopic (exact) mass is 488 g/mol. The molecule has 0 saturated carbocycles. The van der Waals surface area contributed by atoms with Crippen LogP contribution in [0.15, 0.2) is 28.7 Å². The molecule has 0 aliphatic carbocycles. The summed E-state index contributed by atoms with van der Waals surface area (Å²) >= 11 is 1.79. The van der Waals surface area contributed by atoms with Crippen molar-refractivity contribution in [1.29, 1.82) is 0 Å². The third-order valence-corrected chi connectivity index (χ3v) is 5.19. The number of methoxy groups -OCH3 is 1. The summed E-state index contributed by atoms with van der Waals surface area (Å²) in [5, 5.41) is 8.84. The zero-order valence-electron chi connectivity index (χ0n) is 16.1. The first kappa shape index (κ1) is 22.7. The third kappa shape index (κ3) is 6.12. The Morgan fingerprint density at radius 2 is 2.12 bits per heavy atom. The summed E-state index contributed by atoms with van der Waals surface area (Å²) < 4.78 is 5.47. The normalized spacial score (nSPS) is 12.3. The second kappa shape index (κ2) is 11.4. The van der Waals surface area contributed by atoms with Crippen molar-refractivity contribution in [2.75, 3.05) is 20.2 Å². The molecule has 7 heteroatoms. The van der Waals surface area contributed by atoms with E-state index >= 15 is 0 Å². The van der Waals surface area contributed by atoms with Gasteiger partial charge in [-0.1, -0.05) is 13.0 Å². The number of aryl methyl sites for hydroxylation is 1. The second-order valence-corrected chi connectivity index (χ2v) is 7.02. The number of halogens is 1. The Hall–Kier alpha value is -1.35. The average molecular weight is 488 g/mol. The number of thiophene rings is 1. The number of aliphatic imine (C=N–C) groups is 1.